The summed E-state index contributed by atoms with van der Waals surface area (Å²) in [5.41, 5.74) is 1.34. The number of quaternary nitrogens is 1. The van der Waals surface area contributed by atoms with Gasteiger partial charge in [-0.05, 0) is 25.5 Å². The zero-order chi connectivity index (χ0) is 11.3. The van der Waals surface area contributed by atoms with E-state index in [-0.39, 0.29) is 11.5 Å². The van der Waals surface area contributed by atoms with Crippen LogP contribution in [0.2, 0.25) is 0 Å². The van der Waals surface area contributed by atoms with Crippen molar-refractivity contribution in [3.05, 3.63) is 35.8 Å². The molecule has 15 heavy (non-hydrogen) atoms. The van der Waals surface area contributed by atoms with Gasteiger partial charge in [0.15, 0.2) is 5.78 Å². The molecule has 1 aliphatic carbocycles. The summed E-state index contributed by atoms with van der Waals surface area (Å²) in [5.74, 6) is 0.284. The highest BCUT2D eigenvalue weighted by Crippen LogP contribution is 2.22. The number of carbonyl (C=O) groups is 1. The molecule has 1 rings (SSSR count). The molecular weight excluding hydrogens is 190 g/mol. The fraction of sp³-hybridized carbons (Fsp3) is 0.417. The minimum Gasteiger partial charge on any atom is -0.511 e. The molecule has 1 aliphatic rings. The van der Waals surface area contributed by atoms with Crippen molar-refractivity contribution in [2.75, 3.05) is 6.54 Å². The van der Waals surface area contributed by atoms with Crippen LogP contribution < -0.4 is 5.32 Å². The van der Waals surface area contributed by atoms with E-state index in [9.17, 15) is 9.90 Å². The first-order valence-electron chi connectivity index (χ1n) is 5.26. The van der Waals surface area contributed by atoms with Crippen LogP contribution in [0.1, 0.15) is 26.2 Å². The highest BCUT2D eigenvalue weighted by molar-refractivity contribution is 5.99. The highest BCUT2D eigenvalue weighted by atomic mass is 16.3. The van der Waals surface area contributed by atoms with E-state index < -0.39 is 0 Å². The van der Waals surface area contributed by atoms with Gasteiger partial charge in [-0.3, -0.25) is 4.79 Å². The molecule has 0 saturated carbocycles. The SMILES string of the molecule is C=CC[NH2+]/C(=C\C)C1=C(O)CCCC1=O. The molecule has 0 unspecified atom stereocenters. The summed E-state index contributed by atoms with van der Waals surface area (Å²) in [6, 6.07) is 0. The molecule has 0 bridgehead atoms. The molecule has 82 valence electrons. The largest absolute Gasteiger partial charge is 0.511 e. The van der Waals surface area contributed by atoms with Crippen molar-refractivity contribution in [1.29, 1.82) is 0 Å². The Labute approximate surface area is 90.2 Å². The lowest BCUT2D eigenvalue weighted by Gasteiger charge is -2.15. The summed E-state index contributed by atoms with van der Waals surface area (Å²) in [6.07, 6.45) is 5.54. The first-order chi connectivity index (χ1) is 7.20. The number of nitrogens with two attached hydrogens (primary N) is 1. The van der Waals surface area contributed by atoms with E-state index in [0.29, 0.717) is 25.0 Å². The van der Waals surface area contributed by atoms with E-state index in [1.165, 1.54) is 0 Å². The average molecular weight is 208 g/mol. The van der Waals surface area contributed by atoms with E-state index in [1.807, 2.05) is 18.3 Å². The Kier molecular flexibility index (Phi) is 4.31. The number of ketones is 1. The van der Waals surface area contributed by atoms with Gasteiger partial charge in [-0.15, -0.1) is 0 Å². The average Bonchev–Trinajstić information content (AvgIpc) is 2.22. The third-order valence-electron chi connectivity index (χ3n) is 2.49. The number of allylic oxidation sites excluding steroid dienone is 3. The summed E-state index contributed by atoms with van der Waals surface area (Å²) in [4.78, 5) is 11.7. The lowest BCUT2D eigenvalue weighted by Crippen LogP contribution is -2.82. The number of rotatable bonds is 4. The minimum absolute atomic E-state index is 0.0483. The molecule has 0 saturated heterocycles. The Balaban J connectivity index is 2.91. The standard InChI is InChI=1S/C12H17NO2/c1-3-8-13-9(4-2)12-10(14)6-5-7-11(12)15/h3-4,13-14H,1,5-8H2,2H3/p+1/b9-4-. The Morgan fingerprint density at radius 3 is 2.87 bits per heavy atom. The van der Waals surface area contributed by atoms with Crippen LogP contribution in [0.3, 0.4) is 0 Å². The van der Waals surface area contributed by atoms with Gasteiger partial charge in [-0.2, -0.15) is 0 Å². The maximum atomic E-state index is 11.7. The molecule has 0 atom stereocenters. The van der Waals surface area contributed by atoms with Crippen LogP contribution in [0, 0.1) is 0 Å². The van der Waals surface area contributed by atoms with E-state index in [1.54, 1.807) is 6.08 Å². The molecule has 0 radical (unpaired) electrons. The molecule has 3 N–H and O–H groups in total. The van der Waals surface area contributed by atoms with E-state index >= 15 is 0 Å². The summed E-state index contributed by atoms with van der Waals surface area (Å²) in [7, 11) is 0. The number of hydrogen-bond acceptors (Lipinski definition) is 2. The lowest BCUT2D eigenvalue weighted by molar-refractivity contribution is -0.593. The fourth-order valence-corrected chi connectivity index (χ4v) is 1.73. The van der Waals surface area contributed by atoms with Gasteiger partial charge in [0, 0.05) is 12.8 Å². The van der Waals surface area contributed by atoms with Gasteiger partial charge in [0.1, 0.15) is 17.0 Å². The van der Waals surface area contributed by atoms with Gasteiger partial charge in [0.05, 0.1) is 6.54 Å². The number of aliphatic hydroxyl groups excluding tert-OH is 1. The van der Waals surface area contributed by atoms with Crippen LogP contribution in [0.4, 0.5) is 0 Å². The third-order valence-corrected chi connectivity index (χ3v) is 2.49. The summed E-state index contributed by atoms with van der Waals surface area (Å²) in [5, 5.41) is 11.6. The second kappa shape index (κ2) is 5.51. The lowest BCUT2D eigenvalue weighted by atomic mass is 9.94. The normalized spacial score (nSPS) is 18.2. The zero-order valence-corrected chi connectivity index (χ0v) is 9.12. The highest BCUT2D eigenvalue weighted by Gasteiger charge is 2.25. The molecule has 0 aliphatic heterocycles. The van der Waals surface area contributed by atoms with Crippen molar-refractivity contribution in [2.45, 2.75) is 26.2 Å². The topological polar surface area (TPSA) is 53.9 Å². The number of Topliss-reactive ketones (excluding diaryl/α,β-unsaturated/α-hetero) is 1. The van der Waals surface area contributed by atoms with Crippen LogP contribution in [-0.4, -0.2) is 17.4 Å². The molecule has 3 heteroatoms. The molecule has 0 aromatic carbocycles. The minimum atomic E-state index is 0.0483. The van der Waals surface area contributed by atoms with Crippen LogP contribution in [0.15, 0.2) is 35.8 Å². The molecule has 0 heterocycles. The van der Waals surface area contributed by atoms with Gasteiger partial charge in [-0.25, -0.2) is 0 Å². The summed E-state index contributed by atoms with van der Waals surface area (Å²) < 4.78 is 0. The predicted molar refractivity (Wildman–Crippen MR) is 59.3 cm³/mol. The predicted octanol–water partition coefficient (Wildman–Crippen LogP) is 1.20. The molecule has 0 amide bonds. The van der Waals surface area contributed by atoms with Crippen molar-refractivity contribution in [2.24, 2.45) is 0 Å². The Bertz CT molecular complexity index is 327. The summed E-state index contributed by atoms with van der Waals surface area (Å²) in [6.45, 7) is 6.21. The van der Waals surface area contributed by atoms with Crippen molar-refractivity contribution in [3.63, 3.8) is 0 Å². The van der Waals surface area contributed by atoms with Crippen molar-refractivity contribution >= 4 is 5.78 Å². The summed E-state index contributed by atoms with van der Waals surface area (Å²) >= 11 is 0. The van der Waals surface area contributed by atoms with Gasteiger partial charge in [-0.1, -0.05) is 6.58 Å². The Morgan fingerprint density at radius 1 is 1.60 bits per heavy atom. The smallest absolute Gasteiger partial charge is 0.172 e. The van der Waals surface area contributed by atoms with Crippen LogP contribution in [-0.2, 0) is 4.79 Å². The van der Waals surface area contributed by atoms with Crippen LogP contribution in [0.5, 0.6) is 0 Å². The number of aliphatic hydroxyl groups is 1. The quantitative estimate of drug-likeness (QED) is 0.682. The zero-order valence-electron chi connectivity index (χ0n) is 9.12. The number of hydrogen-bond donors (Lipinski definition) is 2. The van der Waals surface area contributed by atoms with Gasteiger partial charge in [0.2, 0.25) is 0 Å². The van der Waals surface area contributed by atoms with Crippen molar-refractivity contribution < 1.29 is 15.2 Å². The molecular formula is C12H18NO2+. The van der Waals surface area contributed by atoms with Gasteiger partial charge < -0.3 is 10.4 Å². The van der Waals surface area contributed by atoms with Gasteiger partial charge >= 0.3 is 0 Å². The number of carbonyl (C=O) groups excluding carboxylic acids is 1. The fourth-order valence-electron chi connectivity index (χ4n) is 1.73. The second-order valence-corrected chi connectivity index (χ2v) is 3.57. The molecule has 0 aromatic heterocycles. The molecule has 0 aromatic rings. The monoisotopic (exact) mass is 208 g/mol. The van der Waals surface area contributed by atoms with Gasteiger partial charge in [0.25, 0.3) is 0 Å². The first-order valence-corrected chi connectivity index (χ1v) is 5.26. The van der Waals surface area contributed by atoms with Crippen LogP contribution >= 0.6 is 0 Å². The first kappa shape index (κ1) is 11.7. The maximum Gasteiger partial charge on any atom is 0.172 e. The van der Waals surface area contributed by atoms with Crippen molar-refractivity contribution in [3.8, 4) is 0 Å². The van der Waals surface area contributed by atoms with Crippen LogP contribution in [0.25, 0.3) is 0 Å². The molecule has 3 nitrogen and oxygen atoms in total. The van der Waals surface area contributed by atoms with E-state index in [0.717, 1.165) is 12.1 Å². The molecule has 0 spiro atoms. The molecule has 0 fully saturated rings. The van der Waals surface area contributed by atoms with E-state index in [2.05, 4.69) is 6.58 Å². The Morgan fingerprint density at radius 2 is 2.33 bits per heavy atom. The Hall–Kier alpha value is -1.35. The van der Waals surface area contributed by atoms with Crippen molar-refractivity contribution in [1.82, 2.24) is 0 Å². The third kappa shape index (κ3) is 2.80. The second-order valence-electron chi connectivity index (χ2n) is 3.57. The maximum absolute atomic E-state index is 11.7. The van der Waals surface area contributed by atoms with E-state index in [4.69, 9.17) is 0 Å².